The molecule has 5 heteroatoms. The number of benzene rings is 2. The van der Waals surface area contributed by atoms with E-state index in [2.05, 4.69) is 21.2 Å². The third-order valence-corrected chi connectivity index (χ3v) is 3.91. The molecule has 0 aliphatic carbocycles. The molecule has 0 spiro atoms. The summed E-state index contributed by atoms with van der Waals surface area (Å²) in [5.74, 6) is 0.399. The van der Waals surface area contributed by atoms with E-state index in [1.165, 1.54) is 6.07 Å². The van der Waals surface area contributed by atoms with E-state index in [0.29, 0.717) is 22.9 Å². The van der Waals surface area contributed by atoms with Gasteiger partial charge in [0.2, 0.25) is 0 Å². The van der Waals surface area contributed by atoms with E-state index < -0.39 is 0 Å². The van der Waals surface area contributed by atoms with Crippen LogP contribution in [0, 0.1) is 5.82 Å². The fourth-order valence-electron chi connectivity index (χ4n) is 2.26. The van der Waals surface area contributed by atoms with Crippen LogP contribution in [0.3, 0.4) is 0 Å². The number of halogens is 3. The van der Waals surface area contributed by atoms with Crippen molar-refractivity contribution in [2.75, 3.05) is 13.7 Å². The summed E-state index contributed by atoms with van der Waals surface area (Å²) in [6, 6.07) is 9.90. The minimum absolute atomic E-state index is 0.272. The largest absolute Gasteiger partial charge is 0.496 e. The Morgan fingerprint density at radius 1 is 1.24 bits per heavy atom. The van der Waals surface area contributed by atoms with Crippen LogP contribution < -0.4 is 10.1 Å². The molecule has 1 N–H and O–H groups in total. The molecule has 0 bridgehead atoms. The number of rotatable bonds is 5. The first-order chi connectivity index (χ1) is 10.1. The lowest BCUT2D eigenvalue weighted by atomic mass is 9.97. The van der Waals surface area contributed by atoms with E-state index in [4.69, 9.17) is 16.3 Å². The van der Waals surface area contributed by atoms with Crippen LogP contribution in [-0.4, -0.2) is 13.7 Å². The summed E-state index contributed by atoms with van der Waals surface area (Å²) < 4.78 is 20.4. The van der Waals surface area contributed by atoms with Gasteiger partial charge in [-0.15, -0.1) is 0 Å². The van der Waals surface area contributed by atoms with Crippen molar-refractivity contribution in [1.82, 2.24) is 5.32 Å². The van der Waals surface area contributed by atoms with Crippen molar-refractivity contribution >= 4 is 27.5 Å². The van der Waals surface area contributed by atoms with E-state index in [1.54, 1.807) is 37.4 Å². The molecule has 0 aliphatic heterocycles. The van der Waals surface area contributed by atoms with Gasteiger partial charge in [-0.25, -0.2) is 4.39 Å². The summed E-state index contributed by atoms with van der Waals surface area (Å²) in [7, 11) is 1.59. The minimum atomic E-state index is -0.332. The molecule has 0 aromatic heterocycles. The summed E-state index contributed by atoms with van der Waals surface area (Å²) in [6.45, 7) is 2.66. The molecule has 2 aromatic rings. The molecule has 0 saturated heterocycles. The zero-order chi connectivity index (χ0) is 15.4. The van der Waals surface area contributed by atoms with Gasteiger partial charge in [0.05, 0.1) is 13.2 Å². The van der Waals surface area contributed by atoms with Crippen LogP contribution in [0.5, 0.6) is 5.75 Å². The predicted octanol–water partition coefficient (Wildman–Crippen LogP) is 4.95. The van der Waals surface area contributed by atoms with Gasteiger partial charge in [-0.1, -0.05) is 34.5 Å². The summed E-state index contributed by atoms with van der Waals surface area (Å²) >= 11 is 9.48. The molecule has 0 aliphatic rings. The Labute approximate surface area is 137 Å². The lowest BCUT2D eigenvalue weighted by Gasteiger charge is -2.22. The first kappa shape index (κ1) is 16.3. The lowest BCUT2D eigenvalue weighted by molar-refractivity contribution is 0.403. The highest BCUT2D eigenvalue weighted by molar-refractivity contribution is 9.10. The second-order valence-corrected chi connectivity index (χ2v) is 5.89. The van der Waals surface area contributed by atoms with E-state index in [0.717, 1.165) is 10.0 Å². The van der Waals surface area contributed by atoms with E-state index in [-0.39, 0.29) is 11.9 Å². The van der Waals surface area contributed by atoms with Crippen molar-refractivity contribution in [3.05, 3.63) is 62.8 Å². The van der Waals surface area contributed by atoms with Crippen LogP contribution in [-0.2, 0) is 0 Å². The second kappa shape index (κ2) is 7.25. The zero-order valence-electron chi connectivity index (χ0n) is 11.8. The molecule has 1 unspecified atom stereocenters. The van der Waals surface area contributed by atoms with Crippen molar-refractivity contribution in [2.45, 2.75) is 13.0 Å². The topological polar surface area (TPSA) is 21.3 Å². The first-order valence-corrected chi connectivity index (χ1v) is 7.75. The van der Waals surface area contributed by atoms with Crippen LogP contribution >= 0.6 is 27.5 Å². The molecule has 0 heterocycles. The maximum Gasteiger partial charge on any atom is 0.128 e. The Hall–Kier alpha value is -1.10. The zero-order valence-corrected chi connectivity index (χ0v) is 14.1. The van der Waals surface area contributed by atoms with E-state index in [1.807, 2.05) is 6.92 Å². The van der Waals surface area contributed by atoms with Gasteiger partial charge in [-0.2, -0.15) is 0 Å². The highest BCUT2D eigenvalue weighted by atomic mass is 79.9. The van der Waals surface area contributed by atoms with Crippen LogP contribution in [0.25, 0.3) is 0 Å². The predicted molar refractivity (Wildman–Crippen MR) is 87.6 cm³/mol. The van der Waals surface area contributed by atoms with Gasteiger partial charge in [0.25, 0.3) is 0 Å². The van der Waals surface area contributed by atoms with Crippen molar-refractivity contribution in [3.8, 4) is 5.75 Å². The molecule has 2 aromatic carbocycles. The molecule has 21 heavy (non-hydrogen) atoms. The number of hydrogen-bond donors (Lipinski definition) is 1. The molecule has 0 radical (unpaired) electrons. The third-order valence-electron chi connectivity index (χ3n) is 3.18. The third kappa shape index (κ3) is 3.76. The maximum absolute atomic E-state index is 14.2. The van der Waals surface area contributed by atoms with E-state index in [9.17, 15) is 4.39 Å². The average molecular weight is 373 g/mol. The van der Waals surface area contributed by atoms with E-state index >= 15 is 0 Å². The first-order valence-electron chi connectivity index (χ1n) is 6.58. The SMILES string of the molecule is CCNC(c1cc(Br)ccc1F)c1cc(Cl)ccc1OC. The van der Waals surface area contributed by atoms with Crippen LogP contribution in [0.15, 0.2) is 40.9 Å². The maximum atomic E-state index is 14.2. The molecule has 112 valence electrons. The molecule has 0 fully saturated rings. The van der Waals surface area contributed by atoms with Gasteiger partial charge in [-0.05, 0) is 42.9 Å². The quantitative estimate of drug-likeness (QED) is 0.802. The molecular formula is C16H16BrClFNO. The minimum Gasteiger partial charge on any atom is -0.496 e. The monoisotopic (exact) mass is 371 g/mol. The normalized spacial score (nSPS) is 12.2. The van der Waals surface area contributed by atoms with Crippen LogP contribution in [0.4, 0.5) is 4.39 Å². The van der Waals surface area contributed by atoms with Crippen molar-refractivity contribution < 1.29 is 9.13 Å². The number of hydrogen-bond acceptors (Lipinski definition) is 2. The summed E-state index contributed by atoms with van der Waals surface area (Å²) in [6.07, 6.45) is 0. The fourth-order valence-corrected chi connectivity index (χ4v) is 2.82. The van der Waals surface area contributed by atoms with Crippen molar-refractivity contribution in [1.29, 1.82) is 0 Å². The Kier molecular flexibility index (Phi) is 5.62. The average Bonchev–Trinajstić information content (AvgIpc) is 2.47. The highest BCUT2D eigenvalue weighted by Gasteiger charge is 2.21. The van der Waals surface area contributed by atoms with Gasteiger partial charge in [0.1, 0.15) is 11.6 Å². The summed E-state index contributed by atoms with van der Waals surface area (Å²) in [5, 5.41) is 3.87. The van der Waals surface area contributed by atoms with Crippen molar-refractivity contribution in [2.24, 2.45) is 0 Å². The van der Waals surface area contributed by atoms with Gasteiger partial charge in [-0.3, -0.25) is 0 Å². The summed E-state index contributed by atoms with van der Waals surface area (Å²) in [5.41, 5.74) is 1.36. The van der Waals surface area contributed by atoms with Gasteiger partial charge in [0, 0.05) is 20.6 Å². The number of methoxy groups -OCH3 is 1. The molecule has 1 atom stereocenters. The standard InChI is InChI=1S/C16H16BrClFNO/c1-3-20-16(12-8-10(17)4-6-14(12)19)13-9-11(18)5-7-15(13)21-2/h4-9,16,20H,3H2,1-2H3. The second-order valence-electron chi connectivity index (χ2n) is 4.54. The molecule has 2 rings (SSSR count). The summed E-state index contributed by atoms with van der Waals surface area (Å²) in [4.78, 5) is 0. The molecule has 0 saturated carbocycles. The fraction of sp³-hybridized carbons (Fsp3) is 0.250. The van der Waals surface area contributed by atoms with Gasteiger partial charge >= 0.3 is 0 Å². The smallest absolute Gasteiger partial charge is 0.128 e. The van der Waals surface area contributed by atoms with Gasteiger partial charge in [0.15, 0.2) is 0 Å². The molecule has 0 amide bonds. The van der Waals surface area contributed by atoms with Crippen molar-refractivity contribution in [3.63, 3.8) is 0 Å². The highest BCUT2D eigenvalue weighted by Crippen LogP contribution is 2.34. The van der Waals surface area contributed by atoms with Crippen LogP contribution in [0.1, 0.15) is 24.1 Å². The Bertz CT molecular complexity index is 636. The Morgan fingerprint density at radius 2 is 2.00 bits per heavy atom. The lowest BCUT2D eigenvalue weighted by Crippen LogP contribution is -2.23. The number of ether oxygens (including phenoxy) is 1. The molecule has 2 nitrogen and oxygen atoms in total. The molecular weight excluding hydrogens is 357 g/mol. The Balaban J connectivity index is 2.58. The number of nitrogens with one attached hydrogen (secondary N) is 1. The van der Waals surface area contributed by atoms with Crippen LogP contribution in [0.2, 0.25) is 5.02 Å². The van der Waals surface area contributed by atoms with Gasteiger partial charge < -0.3 is 10.1 Å². The Morgan fingerprint density at radius 3 is 2.67 bits per heavy atom.